The molecule has 0 aromatic rings. The van der Waals surface area contributed by atoms with Gasteiger partial charge < -0.3 is 10.1 Å². The van der Waals surface area contributed by atoms with Crippen molar-refractivity contribution < 1.29 is 9.53 Å². The molecule has 1 fully saturated rings. The lowest BCUT2D eigenvalue weighted by Gasteiger charge is -2.25. The number of esters is 1. The molecule has 0 aliphatic carbocycles. The van der Waals surface area contributed by atoms with E-state index in [0.29, 0.717) is 4.75 Å². The van der Waals surface area contributed by atoms with Gasteiger partial charge in [0.1, 0.15) is 6.04 Å². The predicted molar refractivity (Wildman–Crippen MR) is 64.2 cm³/mol. The van der Waals surface area contributed by atoms with Crippen LogP contribution in [0.4, 0.5) is 0 Å². The molecule has 0 radical (unpaired) electrons. The molecule has 1 saturated heterocycles. The van der Waals surface area contributed by atoms with Crippen LogP contribution in [0.2, 0.25) is 0 Å². The number of nitrogens with one attached hydrogen (secondary N) is 1. The second-order valence-electron chi connectivity index (χ2n) is 4.27. The van der Waals surface area contributed by atoms with E-state index in [2.05, 4.69) is 12.2 Å². The normalized spacial score (nSPS) is 27.7. The SMILES string of the molecule is CCC(NCC1(C)CCCS1)C(=O)OC. The summed E-state index contributed by atoms with van der Waals surface area (Å²) in [5.74, 6) is 1.09. The Kier molecular flexibility index (Phi) is 4.93. The zero-order chi connectivity index (χ0) is 11.3. The van der Waals surface area contributed by atoms with Gasteiger partial charge in [0.15, 0.2) is 0 Å². The number of ether oxygens (including phenoxy) is 1. The highest BCUT2D eigenvalue weighted by atomic mass is 32.2. The highest BCUT2D eigenvalue weighted by Crippen LogP contribution is 2.37. The van der Waals surface area contributed by atoms with Gasteiger partial charge in [-0.15, -0.1) is 0 Å². The van der Waals surface area contributed by atoms with Crippen molar-refractivity contribution in [3.05, 3.63) is 0 Å². The third kappa shape index (κ3) is 3.68. The first-order chi connectivity index (χ1) is 7.11. The molecule has 1 rings (SSSR count). The molecule has 15 heavy (non-hydrogen) atoms. The summed E-state index contributed by atoms with van der Waals surface area (Å²) in [4.78, 5) is 11.4. The Morgan fingerprint density at radius 2 is 2.40 bits per heavy atom. The molecule has 3 nitrogen and oxygen atoms in total. The molecule has 0 bridgehead atoms. The van der Waals surface area contributed by atoms with E-state index in [1.165, 1.54) is 25.7 Å². The lowest BCUT2D eigenvalue weighted by Crippen LogP contribution is -2.43. The molecule has 88 valence electrons. The number of thioether (sulfide) groups is 1. The fourth-order valence-electron chi connectivity index (χ4n) is 1.85. The van der Waals surface area contributed by atoms with Crippen LogP contribution in [0.3, 0.4) is 0 Å². The Bertz CT molecular complexity index is 215. The van der Waals surface area contributed by atoms with Crippen molar-refractivity contribution in [3.8, 4) is 0 Å². The van der Waals surface area contributed by atoms with Crippen molar-refractivity contribution in [1.82, 2.24) is 5.32 Å². The second-order valence-corrected chi connectivity index (χ2v) is 5.95. The number of hydrogen-bond donors (Lipinski definition) is 1. The van der Waals surface area contributed by atoms with Crippen molar-refractivity contribution in [1.29, 1.82) is 0 Å². The van der Waals surface area contributed by atoms with Gasteiger partial charge in [0.05, 0.1) is 7.11 Å². The first-order valence-electron chi connectivity index (χ1n) is 5.56. The van der Waals surface area contributed by atoms with Gasteiger partial charge >= 0.3 is 5.97 Å². The average Bonchev–Trinajstić information content (AvgIpc) is 2.66. The number of carbonyl (C=O) groups is 1. The first-order valence-corrected chi connectivity index (χ1v) is 6.55. The van der Waals surface area contributed by atoms with Crippen LogP contribution in [0.25, 0.3) is 0 Å². The molecule has 1 heterocycles. The summed E-state index contributed by atoms with van der Waals surface area (Å²) in [5, 5.41) is 3.31. The fraction of sp³-hybridized carbons (Fsp3) is 0.909. The minimum atomic E-state index is -0.149. The van der Waals surface area contributed by atoms with Gasteiger partial charge in [-0.1, -0.05) is 6.92 Å². The molecule has 4 heteroatoms. The van der Waals surface area contributed by atoms with Crippen LogP contribution < -0.4 is 5.32 Å². The summed E-state index contributed by atoms with van der Waals surface area (Å²) in [6.07, 6.45) is 3.31. The quantitative estimate of drug-likeness (QED) is 0.732. The van der Waals surface area contributed by atoms with E-state index in [-0.39, 0.29) is 12.0 Å². The fourth-order valence-corrected chi connectivity index (χ4v) is 3.11. The monoisotopic (exact) mass is 231 g/mol. The van der Waals surface area contributed by atoms with Crippen molar-refractivity contribution in [2.75, 3.05) is 19.4 Å². The maximum atomic E-state index is 11.4. The van der Waals surface area contributed by atoms with Gasteiger partial charge in [-0.2, -0.15) is 11.8 Å². The van der Waals surface area contributed by atoms with Crippen LogP contribution in [-0.4, -0.2) is 36.2 Å². The third-order valence-electron chi connectivity index (χ3n) is 2.92. The van der Waals surface area contributed by atoms with E-state index in [0.717, 1.165) is 13.0 Å². The second kappa shape index (κ2) is 5.75. The van der Waals surface area contributed by atoms with Crippen LogP contribution in [-0.2, 0) is 9.53 Å². The molecule has 2 atom stereocenters. The summed E-state index contributed by atoms with van der Waals surface area (Å²) in [6, 6.07) is -0.145. The van der Waals surface area contributed by atoms with E-state index >= 15 is 0 Å². The number of methoxy groups -OCH3 is 1. The molecule has 1 N–H and O–H groups in total. The number of carbonyl (C=O) groups excluding carboxylic acids is 1. The highest BCUT2D eigenvalue weighted by molar-refractivity contribution is 8.00. The summed E-state index contributed by atoms with van der Waals surface area (Å²) >= 11 is 2.00. The Labute approximate surface area is 96.3 Å². The Hall–Kier alpha value is -0.220. The Morgan fingerprint density at radius 3 is 2.87 bits per heavy atom. The number of hydrogen-bond acceptors (Lipinski definition) is 4. The first kappa shape index (κ1) is 12.8. The zero-order valence-electron chi connectivity index (χ0n) is 9.84. The van der Waals surface area contributed by atoms with Gasteiger partial charge in [-0.3, -0.25) is 4.79 Å². The van der Waals surface area contributed by atoms with Gasteiger partial charge in [-0.05, 0) is 31.9 Å². The molecular weight excluding hydrogens is 210 g/mol. The third-order valence-corrected chi connectivity index (χ3v) is 4.46. The zero-order valence-corrected chi connectivity index (χ0v) is 10.7. The van der Waals surface area contributed by atoms with E-state index in [4.69, 9.17) is 4.74 Å². The molecule has 0 saturated carbocycles. The van der Waals surface area contributed by atoms with Gasteiger partial charge in [0, 0.05) is 11.3 Å². The summed E-state index contributed by atoms with van der Waals surface area (Å²) < 4.78 is 5.05. The van der Waals surface area contributed by atoms with E-state index in [1.54, 1.807) is 0 Å². The van der Waals surface area contributed by atoms with E-state index < -0.39 is 0 Å². The van der Waals surface area contributed by atoms with Crippen molar-refractivity contribution in [2.45, 2.75) is 43.9 Å². The highest BCUT2D eigenvalue weighted by Gasteiger charge is 2.30. The van der Waals surface area contributed by atoms with Gasteiger partial charge in [0.2, 0.25) is 0 Å². The lowest BCUT2D eigenvalue weighted by molar-refractivity contribution is -0.143. The van der Waals surface area contributed by atoms with Crippen LogP contribution in [0.1, 0.15) is 33.1 Å². The summed E-state index contributed by atoms with van der Waals surface area (Å²) in [6.45, 7) is 5.16. The molecular formula is C11H21NO2S. The van der Waals surface area contributed by atoms with Crippen molar-refractivity contribution in [3.63, 3.8) is 0 Å². The van der Waals surface area contributed by atoms with Crippen molar-refractivity contribution >= 4 is 17.7 Å². The van der Waals surface area contributed by atoms with E-state index in [9.17, 15) is 4.79 Å². The molecule has 2 unspecified atom stereocenters. The van der Waals surface area contributed by atoms with Gasteiger partial charge in [-0.25, -0.2) is 0 Å². The Morgan fingerprint density at radius 1 is 1.67 bits per heavy atom. The topological polar surface area (TPSA) is 38.3 Å². The van der Waals surface area contributed by atoms with Crippen LogP contribution in [0.5, 0.6) is 0 Å². The molecule has 0 aromatic carbocycles. The van der Waals surface area contributed by atoms with Crippen LogP contribution in [0.15, 0.2) is 0 Å². The maximum Gasteiger partial charge on any atom is 0.322 e. The Balaban J connectivity index is 2.36. The van der Waals surface area contributed by atoms with E-state index in [1.807, 2.05) is 18.7 Å². The summed E-state index contributed by atoms with van der Waals surface area (Å²) in [5.41, 5.74) is 0. The molecule has 0 aromatic heterocycles. The minimum Gasteiger partial charge on any atom is -0.468 e. The van der Waals surface area contributed by atoms with Crippen molar-refractivity contribution in [2.24, 2.45) is 0 Å². The smallest absolute Gasteiger partial charge is 0.322 e. The molecule has 0 amide bonds. The predicted octanol–water partition coefficient (Wildman–Crippen LogP) is 1.81. The maximum absolute atomic E-state index is 11.4. The lowest BCUT2D eigenvalue weighted by atomic mass is 10.1. The average molecular weight is 231 g/mol. The largest absolute Gasteiger partial charge is 0.468 e. The minimum absolute atomic E-state index is 0.145. The molecule has 1 aliphatic heterocycles. The number of rotatable bonds is 5. The van der Waals surface area contributed by atoms with Crippen LogP contribution >= 0.6 is 11.8 Å². The van der Waals surface area contributed by atoms with Crippen LogP contribution in [0, 0.1) is 0 Å². The standard InChI is InChI=1S/C11H21NO2S/c1-4-9(10(13)14-3)12-8-11(2)6-5-7-15-11/h9,12H,4-8H2,1-3H3. The summed E-state index contributed by atoms with van der Waals surface area (Å²) in [7, 11) is 1.44. The molecule has 0 spiro atoms. The molecule has 1 aliphatic rings. The van der Waals surface area contributed by atoms with Gasteiger partial charge in [0.25, 0.3) is 0 Å².